The molecular weight excluding hydrogens is 294 g/mol. The maximum Gasteiger partial charge on any atom is 0.335 e. The zero-order chi connectivity index (χ0) is 13.1. The van der Waals surface area contributed by atoms with Gasteiger partial charge in [0.1, 0.15) is 0 Å². The molecule has 98 valence electrons. The van der Waals surface area contributed by atoms with Crippen LogP contribution in [0.1, 0.15) is 36.5 Å². The van der Waals surface area contributed by atoms with Crippen molar-refractivity contribution in [1.29, 1.82) is 0 Å². The summed E-state index contributed by atoms with van der Waals surface area (Å²) in [6.07, 6.45) is 3.75. The Kier molecular flexibility index (Phi) is 4.27. The van der Waals surface area contributed by atoms with Crippen LogP contribution in [0, 0.1) is 5.92 Å². The maximum atomic E-state index is 10.9. The molecule has 2 rings (SSSR count). The molecule has 0 bridgehead atoms. The van der Waals surface area contributed by atoms with E-state index in [0.29, 0.717) is 5.56 Å². The number of halogens is 1. The lowest BCUT2D eigenvalue weighted by atomic mass is 10.2. The van der Waals surface area contributed by atoms with E-state index in [1.807, 2.05) is 6.07 Å². The molecule has 0 heterocycles. The zero-order valence-electron chi connectivity index (χ0n) is 10.5. The number of hydrogen-bond acceptors (Lipinski definition) is 2. The van der Waals surface area contributed by atoms with Gasteiger partial charge in [-0.05, 0) is 59.3 Å². The van der Waals surface area contributed by atoms with Crippen molar-refractivity contribution in [3.05, 3.63) is 28.2 Å². The Hall–Kier alpha value is -1.03. The van der Waals surface area contributed by atoms with Crippen molar-refractivity contribution in [2.75, 3.05) is 18.0 Å². The lowest BCUT2D eigenvalue weighted by Crippen LogP contribution is -2.26. The third-order valence-corrected chi connectivity index (χ3v) is 3.84. The highest BCUT2D eigenvalue weighted by Crippen LogP contribution is 2.34. The molecule has 0 atom stereocenters. The molecule has 1 N–H and O–H groups in total. The van der Waals surface area contributed by atoms with Crippen molar-refractivity contribution in [3.63, 3.8) is 0 Å². The van der Waals surface area contributed by atoms with Crippen LogP contribution >= 0.6 is 15.9 Å². The van der Waals surface area contributed by atoms with E-state index in [4.69, 9.17) is 5.11 Å². The molecule has 0 unspecified atom stereocenters. The Morgan fingerprint density at radius 2 is 2.22 bits per heavy atom. The van der Waals surface area contributed by atoms with Crippen molar-refractivity contribution in [2.24, 2.45) is 5.92 Å². The van der Waals surface area contributed by atoms with Crippen molar-refractivity contribution in [1.82, 2.24) is 0 Å². The van der Waals surface area contributed by atoms with Crippen molar-refractivity contribution >= 4 is 27.6 Å². The summed E-state index contributed by atoms with van der Waals surface area (Å²) in [7, 11) is 0. The quantitative estimate of drug-likeness (QED) is 0.869. The van der Waals surface area contributed by atoms with E-state index in [1.54, 1.807) is 12.1 Å². The molecule has 1 fully saturated rings. The van der Waals surface area contributed by atoms with Crippen molar-refractivity contribution in [2.45, 2.75) is 26.2 Å². The molecule has 1 aliphatic rings. The average molecular weight is 312 g/mol. The van der Waals surface area contributed by atoms with Gasteiger partial charge in [0.25, 0.3) is 0 Å². The summed E-state index contributed by atoms with van der Waals surface area (Å²) >= 11 is 3.49. The third kappa shape index (κ3) is 3.25. The number of anilines is 1. The summed E-state index contributed by atoms with van der Waals surface area (Å²) in [4.78, 5) is 13.3. The van der Waals surface area contributed by atoms with Crippen LogP contribution in [0.15, 0.2) is 22.7 Å². The summed E-state index contributed by atoms with van der Waals surface area (Å²) in [6.45, 7) is 4.26. The lowest BCUT2D eigenvalue weighted by Gasteiger charge is -2.25. The van der Waals surface area contributed by atoms with Crippen LogP contribution in [-0.4, -0.2) is 24.2 Å². The Bertz CT molecular complexity index is 443. The maximum absolute atomic E-state index is 10.9. The number of nitrogens with zero attached hydrogens (tertiary/aromatic N) is 1. The molecule has 1 saturated carbocycles. The largest absolute Gasteiger partial charge is 0.478 e. The highest BCUT2D eigenvalue weighted by molar-refractivity contribution is 9.10. The van der Waals surface area contributed by atoms with Gasteiger partial charge in [-0.1, -0.05) is 6.92 Å². The normalized spacial score (nSPS) is 14.6. The number of rotatable bonds is 6. The fourth-order valence-electron chi connectivity index (χ4n) is 2.09. The van der Waals surface area contributed by atoms with Gasteiger partial charge in [-0.25, -0.2) is 4.79 Å². The van der Waals surface area contributed by atoms with Crippen LogP contribution in [0.25, 0.3) is 0 Å². The first-order valence-electron chi connectivity index (χ1n) is 6.39. The Morgan fingerprint density at radius 3 is 2.72 bits per heavy atom. The number of benzene rings is 1. The van der Waals surface area contributed by atoms with E-state index in [1.165, 1.54) is 12.8 Å². The van der Waals surface area contributed by atoms with E-state index >= 15 is 0 Å². The molecule has 0 aliphatic heterocycles. The SMILES string of the molecule is CCCN(CC1CC1)c1ccc(C(=O)O)cc1Br. The summed E-state index contributed by atoms with van der Waals surface area (Å²) < 4.78 is 0.872. The second-order valence-corrected chi connectivity index (χ2v) is 5.72. The van der Waals surface area contributed by atoms with Crippen LogP contribution in [0.3, 0.4) is 0 Å². The van der Waals surface area contributed by atoms with Gasteiger partial charge in [-0.2, -0.15) is 0 Å². The minimum absolute atomic E-state index is 0.327. The van der Waals surface area contributed by atoms with Crippen LogP contribution < -0.4 is 4.90 Å². The summed E-state index contributed by atoms with van der Waals surface area (Å²) in [5.41, 5.74) is 1.43. The first-order valence-corrected chi connectivity index (χ1v) is 7.19. The highest BCUT2D eigenvalue weighted by Gasteiger charge is 2.25. The van der Waals surface area contributed by atoms with Crippen LogP contribution in [0.5, 0.6) is 0 Å². The topological polar surface area (TPSA) is 40.5 Å². The molecule has 1 aliphatic carbocycles. The second-order valence-electron chi connectivity index (χ2n) is 4.86. The van der Waals surface area contributed by atoms with Crippen molar-refractivity contribution < 1.29 is 9.90 Å². The van der Waals surface area contributed by atoms with Crippen LogP contribution in [-0.2, 0) is 0 Å². The van der Waals surface area contributed by atoms with Crippen LogP contribution in [0.2, 0.25) is 0 Å². The Labute approximate surface area is 116 Å². The van der Waals surface area contributed by atoms with E-state index in [2.05, 4.69) is 27.8 Å². The molecule has 0 saturated heterocycles. The average Bonchev–Trinajstić information content (AvgIpc) is 3.12. The molecule has 3 nitrogen and oxygen atoms in total. The summed E-state index contributed by atoms with van der Waals surface area (Å²) in [5, 5.41) is 8.96. The lowest BCUT2D eigenvalue weighted by molar-refractivity contribution is 0.0697. The predicted octanol–water partition coefficient (Wildman–Crippen LogP) is 3.77. The molecule has 1 aromatic carbocycles. The Balaban J connectivity index is 2.20. The third-order valence-electron chi connectivity index (χ3n) is 3.20. The van der Waals surface area contributed by atoms with Gasteiger partial charge in [-0.3, -0.25) is 0 Å². The number of carboxylic acids is 1. The monoisotopic (exact) mass is 311 g/mol. The van der Waals surface area contributed by atoms with Crippen LogP contribution in [0.4, 0.5) is 5.69 Å². The Morgan fingerprint density at radius 1 is 1.50 bits per heavy atom. The first-order chi connectivity index (χ1) is 8.61. The minimum Gasteiger partial charge on any atom is -0.478 e. The molecule has 18 heavy (non-hydrogen) atoms. The van der Waals surface area contributed by atoms with E-state index < -0.39 is 5.97 Å². The summed E-state index contributed by atoms with van der Waals surface area (Å²) in [5.74, 6) is -0.0610. The molecular formula is C14H18BrNO2. The van der Waals surface area contributed by atoms with Gasteiger partial charge in [0.05, 0.1) is 11.3 Å². The molecule has 0 amide bonds. The number of hydrogen-bond donors (Lipinski definition) is 1. The summed E-state index contributed by atoms with van der Waals surface area (Å²) in [6, 6.07) is 5.27. The number of aromatic carboxylic acids is 1. The van der Waals surface area contributed by atoms with Gasteiger partial charge in [0.15, 0.2) is 0 Å². The molecule has 0 aromatic heterocycles. The van der Waals surface area contributed by atoms with E-state index in [-0.39, 0.29) is 0 Å². The van der Waals surface area contributed by atoms with Gasteiger partial charge in [0, 0.05) is 17.6 Å². The molecule has 0 spiro atoms. The zero-order valence-corrected chi connectivity index (χ0v) is 12.1. The number of carbonyl (C=O) groups is 1. The smallest absolute Gasteiger partial charge is 0.335 e. The van der Waals surface area contributed by atoms with Gasteiger partial charge < -0.3 is 10.0 Å². The fourth-order valence-corrected chi connectivity index (χ4v) is 2.72. The fraction of sp³-hybridized carbons (Fsp3) is 0.500. The van der Waals surface area contributed by atoms with Gasteiger partial charge >= 0.3 is 5.97 Å². The molecule has 1 aromatic rings. The number of carboxylic acid groups (broad SMARTS) is 1. The van der Waals surface area contributed by atoms with E-state index in [0.717, 1.165) is 35.6 Å². The van der Waals surface area contributed by atoms with E-state index in [9.17, 15) is 4.79 Å². The van der Waals surface area contributed by atoms with Gasteiger partial charge in [0.2, 0.25) is 0 Å². The van der Waals surface area contributed by atoms with Gasteiger partial charge in [-0.15, -0.1) is 0 Å². The minimum atomic E-state index is -0.883. The highest BCUT2D eigenvalue weighted by atomic mass is 79.9. The van der Waals surface area contributed by atoms with Crippen molar-refractivity contribution in [3.8, 4) is 0 Å². The molecule has 0 radical (unpaired) electrons. The molecule has 4 heteroatoms. The predicted molar refractivity (Wildman–Crippen MR) is 76.3 cm³/mol. The first kappa shape index (κ1) is 13.4. The standard InChI is InChI=1S/C14H18BrNO2/c1-2-7-16(9-10-3-4-10)13-6-5-11(14(17)18)8-12(13)15/h5-6,8,10H,2-4,7,9H2,1H3,(H,17,18). The second kappa shape index (κ2) is 5.74.